The first-order chi connectivity index (χ1) is 35.7. The van der Waals surface area contributed by atoms with E-state index >= 15 is 0 Å². The molecule has 3 aromatic rings. The highest BCUT2D eigenvalue weighted by atomic mass is 31.2. The summed E-state index contributed by atoms with van der Waals surface area (Å²) in [7, 11) is -10.4. The highest BCUT2D eigenvalue weighted by Gasteiger charge is 2.56. The molecule has 16 N–H and O–H groups in total. The van der Waals surface area contributed by atoms with E-state index < -0.39 is 96.6 Å². The molecule has 80 heavy (non-hydrogen) atoms. The minimum atomic E-state index is -2.61. The van der Waals surface area contributed by atoms with Gasteiger partial charge in [-0.15, -0.1) is 0 Å². The predicted octanol–water partition coefficient (Wildman–Crippen LogP) is 9.12. The van der Waals surface area contributed by atoms with Crippen molar-refractivity contribution >= 4 is 34.4 Å². The van der Waals surface area contributed by atoms with Crippen LogP contribution in [0, 0.1) is 24.7 Å². The minimum absolute atomic E-state index is 0.0640. The van der Waals surface area contributed by atoms with Crippen molar-refractivity contribution < 1.29 is 88.6 Å². The van der Waals surface area contributed by atoms with Gasteiger partial charge in [0.2, 0.25) is 0 Å². The molecule has 0 aliphatic heterocycles. The largest absolute Gasteiger partial charge is 0.395 e. The Morgan fingerprint density at radius 3 is 0.762 bits per heavy atom. The second kappa shape index (κ2) is 29.8. The molecule has 1 atom stereocenters. The van der Waals surface area contributed by atoms with E-state index in [0.717, 1.165) is 44.5 Å². The lowest BCUT2D eigenvalue weighted by Crippen LogP contribution is -2.56. The van der Waals surface area contributed by atoms with Crippen LogP contribution in [0.25, 0.3) is 0 Å². The SMILES string of the molecule is CC(C)(C)c1cc(C(C)(C)C)c(C(O)C(CO)(CO)CO)c(C(C)(C)C)c1.Cc1cc(C(C)(C)C)cc(C(C)(C)C)c1C(O)(c1c(C)cc(C(C)(C)C)cc1C(C)(C)C)C(CO)(CO)CO.OP(O)OP(O)O.OP(O)OP(O)O. The summed E-state index contributed by atoms with van der Waals surface area (Å²) in [6.45, 7) is 45.5. The molecule has 0 spiro atoms. The van der Waals surface area contributed by atoms with Crippen LogP contribution in [0.15, 0.2) is 36.4 Å². The molecule has 3 aromatic carbocycles. The Hall–Kier alpha value is -1.34. The van der Waals surface area contributed by atoms with Crippen molar-refractivity contribution in [3.8, 4) is 0 Å². The van der Waals surface area contributed by atoms with E-state index in [4.69, 9.17) is 39.1 Å². The molecule has 0 aliphatic rings. The molecule has 0 amide bonds. The van der Waals surface area contributed by atoms with Crippen molar-refractivity contribution in [2.45, 2.75) is 209 Å². The lowest BCUT2D eigenvalue weighted by molar-refractivity contribution is -0.137. The van der Waals surface area contributed by atoms with Crippen LogP contribution in [0.1, 0.15) is 218 Å². The van der Waals surface area contributed by atoms with Gasteiger partial charge in [0.05, 0.1) is 56.6 Å². The van der Waals surface area contributed by atoms with Gasteiger partial charge in [-0.1, -0.05) is 182 Å². The Morgan fingerprint density at radius 1 is 0.362 bits per heavy atom. The lowest BCUT2D eigenvalue weighted by Gasteiger charge is -2.50. The molecule has 0 bridgehead atoms. The molecule has 0 radical (unpaired) electrons. The van der Waals surface area contributed by atoms with E-state index in [0.29, 0.717) is 16.7 Å². The van der Waals surface area contributed by atoms with Crippen LogP contribution < -0.4 is 0 Å². The highest BCUT2D eigenvalue weighted by Crippen LogP contribution is 2.54. The van der Waals surface area contributed by atoms with Gasteiger partial charge in [0.25, 0.3) is 0 Å². The zero-order valence-electron chi connectivity index (χ0n) is 52.0. The molecule has 464 valence electrons. The molecule has 0 aliphatic carbocycles. The smallest absolute Gasteiger partial charge is 0.334 e. The summed E-state index contributed by atoms with van der Waals surface area (Å²) in [6.07, 6.45) is -1.19. The van der Waals surface area contributed by atoms with Gasteiger partial charge in [0.15, 0.2) is 0 Å². The van der Waals surface area contributed by atoms with Gasteiger partial charge in [-0.05, 0) is 119 Å². The van der Waals surface area contributed by atoms with Gasteiger partial charge in [-0.3, -0.25) is 0 Å². The standard InChI is InChI=1S/C35H56O4.C23H40O4.2H4O5P2/c1-22-15-24(30(3,4)5)17-26(32(9,10)11)28(22)35(39,34(19-36,20-37)21-38)29-23(2)16-25(31(6,7)8)18-27(29)33(12,13)14;1-20(2,3)15-10-16(21(4,5)6)18(17(11-15)22(7,8)9)19(27)23(12-24,13-25)14-26;2*1-6(2)5-7(3)4/h15-18,36-39H,19-21H2,1-14H3;10-11,19,24-27H,12-14H2,1-9H3;2*1-4H. The van der Waals surface area contributed by atoms with Crippen molar-refractivity contribution in [2.75, 3.05) is 39.6 Å². The topological polar surface area (TPSA) is 342 Å². The number of hydrogen-bond donors (Lipinski definition) is 16. The number of aliphatic hydroxyl groups excluding tert-OH is 7. The van der Waals surface area contributed by atoms with E-state index in [1.807, 2.05) is 13.8 Å². The van der Waals surface area contributed by atoms with Crippen molar-refractivity contribution in [3.05, 3.63) is 103 Å². The fourth-order valence-electron chi connectivity index (χ4n) is 9.20. The third-order valence-corrected chi connectivity index (χ3v) is 16.5. The van der Waals surface area contributed by atoms with Gasteiger partial charge in [-0.2, -0.15) is 0 Å². The Bertz CT molecular complexity index is 2230. The van der Waals surface area contributed by atoms with Crippen LogP contribution in [0.5, 0.6) is 0 Å². The fourth-order valence-corrected chi connectivity index (χ4v) is 10.2. The molecule has 0 aromatic heterocycles. The fraction of sp³-hybridized carbons (Fsp3) is 0.690. The van der Waals surface area contributed by atoms with Gasteiger partial charge < -0.3 is 80.0 Å². The third-order valence-electron chi connectivity index (χ3n) is 14.2. The maximum Gasteiger partial charge on any atom is 0.334 e. The van der Waals surface area contributed by atoms with E-state index in [2.05, 4.69) is 190 Å². The van der Waals surface area contributed by atoms with Crippen molar-refractivity contribution in [1.29, 1.82) is 0 Å². The zero-order chi connectivity index (χ0) is 63.7. The second-order valence-corrected chi connectivity index (χ2v) is 31.4. The molecular formula is C58H104O18P4. The van der Waals surface area contributed by atoms with Crippen LogP contribution in [0.2, 0.25) is 0 Å². The number of rotatable bonds is 15. The number of benzene rings is 3. The predicted molar refractivity (Wildman–Crippen MR) is 323 cm³/mol. The minimum Gasteiger partial charge on any atom is -0.395 e. The second-order valence-electron chi connectivity index (χ2n) is 28.0. The summed E-state index contributed by atoms with van der Waals surface area (Å²) in [5.74, 6) is 0. The molecular weight excluding hydrogens is 1110 g/mol. The summed E-state index contributed by atoms with van der Waals surface area (Å²) in [6, 6.07) is 12.8. The lowest BCUT2D eigenvalue weighted by atomic mass is 9.58. The quantitative estimate of drug-likeness (QED) is 0.0630. The first kappa shape index (κ1) is 78.7. The Labute approximate surface area is 483 Å². The molecule has 0 saturated carbocycles. The summed E-state index contributed by atoms with van der Waals surface area (Å²) in [4.78, 5) is 62.5. The van der Waals surface area contributed by atoms with Crippen LogP contribution in [-0.4, -0.2) is 120 Å². The number of aliphatic hydroxyl groups is 8. The Kier molecular flexibility index (Phi) is 29.3. The monoisotopic (exact) mass is 1210 g/mol. The zero-order valence-corrected chi connectivity index (χ0v) is 55.6. The summed E-state index contributed by atoms with van der Waals surface area (Å²) in [5.41, 5.74) is 4.55. The van der Waals surface area contributed by atoms with Gasteiger partial charge >= 0.3 is 34.4 Å². The first-order valence-electron chi connectivity index (χ1n) is 26.4. The maximum atomic E-state index is 13.4. The van der Waals surface area contributed by atoms with Crippen LogP contribution >= 0.6 is 34.4 Å². The van der Waals surface area contributed by atoms with Crippen molar-refractivity contribution in [1.82, 2.24) is 0 Å². The van der Waals surface area contributed by atoms with Gasteiger partial charge in [0, 0.05) is 0 Å². The van der Waals surface area contributed by atoms with E-state index in [1.165, 1.54) is 5.56 Å². The maximum absolute atomic E-state index is 13.4. The molecule has 1 unspecified atom stereocenters. The Morgan fingerprint density at radius 2 is 0.588 bits per heavy atom. The first-order valence-corrected chi connectivity index (χ1v) is 31.0. The highest BCUT2D eigenvalue weighted by molar-refractivity contribution is 7.53. The normalized spacial score (nSPS) is 14.0. The summed E-state index contributed by atoms with van der Waals surface area (Å²) < 4.78 is 7.20. The third kappa shape index (κ3) is 20.7. The molecule has 22 heteroatoms. The van der Waals surface area contributed by atoms with Gasteiger partial charge in [-0.25, -0.2) is 8.62 Å². The van der Waals surface area contributed by atoms with E-state index in [9.17, 15) is 40.9 Å². The molecule has 0 heterocycles. The van der Waals surface area contributed by atoms with Crippen LogP contribution in [0.3, 0.4) is 0 Å². The van der Waals surface area contributed by atoms with E-state index in [1.54, 1.807) is 0 Å². The Balaban J connectivity index is 0.00000130. The molecule has 0 saturated heterocycles. The van der Waals surface area contributed by atoms with Gasteiger partial charge in [0.1, 0.15) is 5.60 Å². The molecule has 3 rings (SSSR count). The number of hydrogen-bond acceptors (Lipinski definition) is 18. The summed E-state index contributed by atoms with van der Waals surface area (Å²) >= 11 is 0. The average Bonchev–Trinajstić information content (AvgIpc) is 3.27. The van der Waals surface area contributed by atoms with Crippen molar-refractivity contribution in [3.63, 3.8) is 0 Å². The summed E-state index contributed by atoms with van der Waals surface area (Å²) in [5, 5.41) is 87.1. The van der Waals surface area contributed by atoms with Crippen molar-refractivity contribution in [2.24, 2.45) is 10.8 Å². The van der Waals surface area contributed by atoms with Crippen LogP contribution in [0.4, 0.5) is 0 Å². The molecule has 0 fully saturated rings. The number of aryl methyl sites for hydroxylation is 2. The van der Waals surface area contributed by atoms with E-state index in [-0.39, 0.29) is 37.9 Å². The molecule has 18 nitrogen and oxygen atoms in total. The average molecular weight is 1210 g/mol. The van der Waals surface area contributed by atoms with Crippen LogP contribution in [-0.2, 0) is 52.1 Å².